The van der Waals surface area contributed by atoms with Crippen LogP contribution in [0.3, 0.4) is 0 Å². The summed E-state index contributed by atoms with van der Waals surface area (Å²) in [5, 5.41) is 5.58. The molecule has 4 rings (SSSR count). The van der Waals surface area contributed by atoms with E-state index < -0.39 is 17.5 Å². The maximum atomic E-state index is 13.1. The molecule has 2 N–H and O–H groups in total. The number of anilines is 1. The third-order valence-corrected chi connectivity index (χ3v) is 6.58. The molecule has 2 heterocycles. The molecule has 32 heavy (non-hydrogen) atoms. The number of carbonyl (C=O) groups excluding carboxylic acids is 2. The zero-order valence-corrected chi connectivity index (χ0v) is 18.8. The molecule has 0 fully saturated rings. The number of nitrogens with zero attached hydrogens (tertiary/aromatic N) is 1. The van der Waals surface area contributed by atoms with Crippen molar-refractivity contribution in [2.45, 2.75) is 33.1 Å². The number of nitrogens with one attached hydrogen (secondary N) is 2. The minimum atomic E-state index is -0.828. The summed E-state index contributed by atoms with van der Waals surface area (Å²) in [6.45, 7) is 4.12. The minimum absolute atomic E-state index is 0.228. The molecule has 0 radical (unpaired) electrons. The molecule has 9 nitrogen and oxygen atoms in total. The summed E-state index contributed by atoms with van der Waals surface area (Å²) in [5.74, 6) is -0.0376. The number of carbonyl (C=O) groups is 2. The molecule has 1 atom stereocenters. The van der Waals surface area contributed by atoms with Crippen molar-refractivity contribution in [1.29, 1.82) is 0 Å². The standard InChI is InChI=1S/C22H23N3O6S/c1-4-30-21(27)17-15-10-5-12(2)11-16(15)32-20(17)23-19(26)18-22(28)31-24-25(18)13-6-8-14(29-3)9-7-13/h6-9,12H,4-5,10-11H2,1-3H3,(H-,23,24,26,27,28)/p+1. The summed E-state index contributed by atoms with van der Waals surface area (Å²) < 4.78 is 16.5. The van der Waals surface area contributed by atoms with Crippen molar-refractivity contribution in [3.8, 4) is 11.4 Å². The Balaban J connectivity index is 1.70. The van der Waals surface area contributed by atoms with E-state index in [2.05, 4.69) is 17.5 Å². The fourth-order valence-corrected chi connectivity index (χ4v) is 5.19. The average molecular weight is 459 g/mol. The molecule has 1 amide bonds. The smallest absolute Gasteiger partial charge is 0.441 e. The molecule has 0 saturated heterocycles. The largest absolute Gasteiger partial charge is 0.497 e. The number of fused-ring (bicyclic) bond motifs is 1. The number of methoxy groups -OCH3 is 1. The van der Waals surface area contributed by atoms with Crippen LogP contribution in [0.1, 0.15) is 51.6 Å². The zero-order valence-electron chi connectivity index (χ0n) is 18.0. The Morgan fingerprint density at radius 2 is 2.06 bits per heavy atom. The Bertz CT molecular complexity index is 1210. The second kappa shape index (κ2) is 8.99. The van der Waals surface area contributed by atoms with E-state index in [1.807, 2.05) is 0 Å². The molecule has 168 valence electrons. The van der Waals surface area contributed by atoms with Crippen molar-refractivity contribution in [3.05, 3.63) is 56.4 Å². The van der Waals surface area contributed by atoms with E-state index in [4.69, 9.17) is 14.0 Å². The van der Waals surface area contributed by atoms with E-state index >= 15 is 0 Å². The van der Waals surface area contributed by atoms with Crippen LogP contribution in [0, 0.1) is 5.92 Å². The van der Waals surface area contributed by atoms with E-state index in [0.717, 1.165) is 29.7 Å². The van der Waals surface area contributed by atoms with E-state index in [9.17, 15) is 14.4 Å². The van der Waals surface area contributed by atoms with Crippen LogP contribution >= 0.6 is 11.3 Å². The first kappa shape index (κ1) is 21.8. The Hall–Kier alpha value is -3.40. The minimum Gasteiger partial charge on any atom is -0.497 e. The maximum Gasteiger partial charge on any atom is 0.441 e. The van der Waals surface area contributed by atoms with Crippen LogP contribution in [0.15, 0.2) is 33.6 Å². The van der Waals surface area contributed by atoms with Gasteiger partial charge in [-0.25, -0.2) is 9.59 Å². The number of rotatable bonds is 6. The molecule has 0 spiro atoms. The average Bonchev–Trinajstić information content (AvgIpc) is 3.33. The van der Waals surface area contributed by atoms with Gasteiger partial charge < -0.3 is 14.8 Å². The normalized spacial score (nSPS) is 15.2. The van der Waals surface area contributed by atoms with Gasteiger partial charge in [-0.1, -0.05) is 6.92 Å². The predicted octanol–water partition coefficient (Wildman–Crippen LogP) is 2.87. The molecule has 0 saturated carbocycles. The van der Waals surface area contributed by atoms with Gasteiger partial charge in [-0.15, -0.1) is 11.3 Å². The molecule has 2 aromatic heterocycles. The molecule has 1 aliphatic rings. The first-order valence-electron chi connectivity index (χ1n) is 10.3. The maximum absolute atomic E-state index is 13.1. The number of esters is 1. The van der Waals surface area contributed by atoms with Gasteiger partial charge in [0.25, 0.3) is 0 Å². The van der Waals surface area contributed by atoms with Crippen LogP contribution in [0.25, 0.3) is 5.69 Å². The summed E-state index contributed by atoms with van der Waals surface area (Å²) in [5.41, 5.74) is 0.733. The van der Waals surface area contributed by atoms with Crippen LogP contribution in [-0.4, -0.2) is 30.9 Å². The van der Waals surface area contributed by atoms with Gasteiger partial charge >= 0.3 is 23.2 Å². The van der Waals surface area contributed by atoms with Crippen LogP contribution < -0.4 is 20.4 Å². The van der Waals surface area contributed by atoms with Gasteiger partial charge in [0.2, 0.25) is 5.69 Å². The van der Waals surface area contributed by atoms with Crippen LogP contribution in [0.5, 0.6) is 5.75 Å². The predicted molar refractivity (Wildman–Crippen MR) is 117 cm³/mol. The first-order chi connectivity index (χ1) is 15.4. The molecule has 0 aliphatic heterocycles. The van der Waals surface area contributed by atoms with Gasteiger partial charge in [0, 0.05) is 17.0 Å². The molecule has 1 aromatic carbocycles. The SMILES string of the molecule is CCOC(=O)c1c(NC(=O)c2c(=O)o[nH][n+]2-c2ccc(OC)cc2)sc2c1CCC(C)C2. The monoisotopic (exact) mass is 458 g/mol. The Labute approximate surface area is 187 Å². The highest BCUT2D eigenvalue weighted by molar-refractivity contribution is 7.17. The third kappa shape index (κ3) is 4.05. The van der Waals surface area contributed by atoms with Crippen LogP contribution in [0.4, 0.5) is 5.00 Å². The number of hydrogen-bond donors (Lipinski definition) is 2. The Morgan fingerprint density at radius 3 is 2.75 bits per heavy atom. The van der Waals surface area contributed by atoms with E-state index in [1.165, 1.54) is 16.0 Å². The van der Waals surface area contributed by atoms with Crippen LogP contribution in [-0.2, 0) is 17.6 Å². The highest BCUT2D eigenvalue weighted by Crippen LogP contribution is 2.40. The third-order valence-electron chi connectivity index (χ3n) is 5.41. The molecule has 1 unspecified atom stereocenters. The van der Waals surface area contributed by atoms with Crippen molar-refractivity contribution in [2.24, 2.45) is 5.92 Å². The molecular weight excluding hydrogens is 434 g/mol. The lowest BCUT2D eigenvalue weighted by molar-refractivity contribution is -0.672. The van der Waals surface area contributed by atoms with Crippen molar-refractivity contribution in [2.75, 3.05) is 19.0 Å². The second-order valence-corrected chi connectivity index (χ2v) is 8.70. The van der Waals surface area contributed by atoms with Gasteiger partial charge in [-0.3, -0.25) is 9.32 Å². The molecule has 10 heteroatoms. The van der Waals surface area contributed by atoms with E-state index in [1.54, 1.807) is 38.3 Å². The molecule has 0 bridgehead atoms. The summed E-state index contributed by atoms with van der Waals surface area (Å²) in [4.78, 5) is 39.2. The van der Waals surface area contributed by atoms with Gasteiger partial charge in [0.05, 0.1) is 19.3 Å². The zero-order chi connectivity index (χ0) is 22.8. The number of ether oxygens (including phenoxy) is 2. The fraction of sp³-hybridized carbons (Fsp3) is 0.364. The van der Waals surface area contributed by atoms with Crippen molar-refractivity contribution >= 4 is 28.2 Å². The topological polar surface area (TPSA) is 115 Å². The van der Waals surface area contributed by atoms with Gasteiger partial charge in [0.1, 0.15) is 10.8 Å². The number of aromatic nitrogens is 2. The number of benzene rings is 1. The lowest BCUT2D eigenvalue weighted by Gasteiger charge is -2.18. The van der Waals surface area contributed by atoms with Gasteiger partial charge in [0.15, 0.2) is 0 Å². The summed E-state index contributed by atoms with van der Waals surface area (Å²) in [6, 6.07) is 6.75. The number of hydrogen-bond acceptors (Lipinski definition) is 7. The lowest BCUT2D eigenvalue weighted by Crippen LogP contribution is -2.42. The molecular formula is C22H24N3O6S+. The van der Waals surface area contributed by atoms with E-state index in [-0.39, 0.29) is 12.3 Å². The highest BCUT2D eigenvalue weighted by atomic mass is 32.1. The molecule has 3 aromatic rings. The lowest BCUT2D eigenvalue weighted by atomic mass is 9.88. The first-order valence-corrected chi connectivity index (χ1v) is 11.2. The van der Waals surface area contributed by atoms with Crippen molar-refractivity contribution < 1.29 is 28.3 Å². The highest BCUT2D eigenvalue weighted by Gasteiger charge is 2.34. The van der Waals surface area contributed by atoms with Crippen LogP contribution in [0.2, 0.25) is 0 Å². The number of H-pyrrole nitrogens is 1. The number of amides is 1. The summed E-state index contributed by atoms with van der Waals surface area (Å²) in [6.07, 6.45) is 2.54. The number of thiophene rings is 1. The Kier molecular flexibility index (Phi) is 6.13. The van der Waals surface area contributed by atoms with Crippen molar-refractivity contribution in [3.63, 3.8) is 0 Å². The van der Waals surface area contributed by atoms with Crippen molar-refractivity contribution in [1.82, 2.24) is 5.27 Å². The summed E-state index contributed by atoms with van der Waals surface area (Å²) >= 11 is 1.36. The molecule has 1 aliphatic carbocycles. The quantitative estimate of drug-likeness (QED) is 0.434. The Morgan fingerprint density at radius 1 is 1.31 bits per heavy atom. The van der Waals surface area contributed by atoms with Gasteiger partial charge in [-0.05, 0) is 59.8 Å². The second-order valence-electron chi connectivity index (χ2n) is 7.59. The van der Waals surface area contributed by atoms with Gasteiger partial charge in [-0.2, -0.15) is 0 Å². The number of aromatic amines is 1. The summed E-state index contributed by atoms with van der Waals surface area (Å²) in [7, 11) is 1.54. The van der Waals surface area contributed by atoms with E-state index in [0.29, 0.717) is 27.9 Å². The fourth-order valence-electron chi connectivity index (χ4n) is 3.80.